The third-order valence-corrected chi connectivity index (χ3v) is 5.76. The summed E-state index contributed by atoms with van der Waals surface area (Å²) < 4.78 is 5.30. The number of rotatable bonds is 3. The van der Waals surface area contributed by atoms with E-state index in [0.29, 0.717) is 17.4 Å². The van der Waals surface area contributed by atoms with Crippen molar-refractivity contribution in [3.05, 3.63) is 29.8 Å². The Hall–Kier alpha value is -1.55. The molecule has 2 unspecified atom stereocenters. The molecule has 4 nitrogen and oxygen atoms in total. The van der Waals surface area contributed by atoms with Crippen molar-refractivity contribution in [1.29, 1.82) is 0 Å². The highest BCUT2D eigenvalue weighted by Crippen LogP contribution is 2.39. The first-order valence-corrected chi connectivity index (χ1v) is 8.42. The number of para-hydroxylation sites is 1. The highest BCUT2D eigenvalue weighted by molar-refractivity contribution is 5.97. The molecule has 0 N–H and O–H groups in total. The highest BCUT2D eigenvalue weighted by atomic mass is 16.5. The number of likely N-dealkylation sites (tertiary alicyclic amines) is 2. The van der Waals surface area contributed by atoms with E-state index in [-0.39, 0.29) is 5.91 Å². The largest absolute Gasteiger partial charge is 0.496 e. The number of carbonyl (C=O) groups is 1. The maximum atomic E-state index is 12.6. The fourth-order valence-electron chi connectivity index (χ4n) is 4.41. The molecule has 2 aliphatic heterocycles. The van der Waals surface area contributed by atoms with Crippen LogP contribution in [0, 0.1) is 11.8 Å². The molecule has 0 aromatic heterocycles. The van der Waals surface area contributed by atoms with Crippen LogP contribution in [0.3, 0.4) is 0 Å². The van der Waals surface area contributed by atoms with Crippen LogP contribution in [0.25, 0.3) is 0 Å². The van der Waals surface area contributed by atoms with E-state index in [1.54, 1.807) is 7.11 Å². The number of amides is 1. The van der Waals surface area contributed by atoms with Crippen LogP contribution < -0.4 is 4.74 Å². The van der Waals surface area contributed by atoms with E-state index >= 15 is 0 Å². The van der Waals surface area contributed by atoms with Crippen molar-refractivity contribution in [1.82, 2.24) is 9.80 Å². The van der Waals surface area contributed by atoms with E-state index in [4.69, 9.17) is 4.74 Å². The van der Waals surface area contributed by atoms with Crippen molar-refractivity contribution < 1.29 is 9.53 Å². The zero-order valence-electron chi connectivity index (χ0n) is 13.2. The van der Waals surface area contributed by atoms with Gasteiger partial charge in [0.1, 0.15) is 5.75 Å². The maximum Gasteiger partial charge on any atom is 0.257 e. The molecule has 0 radical (unpaired) electrons. The number of benzene rings is 1. The SMILES string of the molecule is COc1ccccc1C(=O)N1CC(N2CC3CCCC3C2)C1. The van der Waals surface area contributed by atoms with E-state index in [2.05, 4.69) is 4.90 Å². The molecule has 1 aliphatic carbocycles. The van der Waals surface area contributed by atoms with E-state index in [0.717, 1.165) is 24.9 Å². The van der Waals surface area contributed by atoms with Crippen LogP contribution in [0.5, 0.6) is 5.75 Å². The van der Waals surface area contributed by atoms with Crippen molar-refractivity contribution in [2.45, 2.75) is 25.3 Å². The number of fused-ring (bicyclic) bond motifs is 1. The molecule has 3 fully saturated rings. The smallest absolute Gasteiger partial charge is 0.257 e. The van der Waals surface area contributed by atoms with E-state index in [1.807, 2.05) is 29.2 Å². The molecule has 0 bridgehead atoms. The van der Waals surface area contributed by atoms with Gasteiger partial charge in [-0.15, -0.1) is 0 Å². The van der Waals surface area contributed by atoms with Gasteiger partial charge < -0.3 is 9.64 Å². The summed E-state index contributed by atoms with van der Waals surface area (Å²) in [6.45, 7) is 4.25. The summed E-state index contributed by atoms with van der Waals surface area (Å²) in [5.41, 5.74) is 0.682. The van der Waals surface area contributed by atoms with Gasteiger partial charge >= 0.3 is 0 Å². The average Bonchev–Trinajstić information content (AvgIpc) is 3.07. The molecule has 1 aromatic carbocycles. The normalized spacial score (nSPS) is 28.5. The van der Waals surface area contributed by atoms with Crippen molar-refractivity contribution in [3.8, 4) is 5.75 Å². The Bertz CT molecular complexity index is 556. The van der Waals surface area contributed by atoms with Gasteiger partial charge in [-0.25, -0.2) is 0 Å². The third-order valence-electron chi connectivity index (χ3n) is 5.76. The van der Waals surface area contributed by atoms with Crippen LogP contribution >= 0.6 is 0 Å². The number of nitrogens with zero attached hydrogens (tertiary/aromatic N) is 2. The van der Waals surface area contributed by atoms with Crippen molar-refractivity contribution >= 4 is 5.91 Å². The second-order valence-electron chi connectivity index (χ2n) is 6.97. The first kappa shape index (κ1) is 14.1. The minimum Gasteiger partial charge on any atom is -0.496 e. The molecular weight excluding hydrogens is 276 g/mol. The van der Waals surface area contributed by atoms with Crippen LogP contribution in [0.2, 0.25) is 0 Å². The lowest BCUT2D eigenvalue weighted by atomic mass is 10.0. The van der Waals surface area contributed by atoms with Gasteiger partial charge in [-0.3, -0.25) is 9.69 Å². The molecule has 4 rings (SSSR count). The Morgan fingerprint density at radius 3 is 2.45 bits per heavy atom. The lowest BCUT2D eigenvalue weighted by molar-refractivity contribution is 0.0310. The molecule has 2 heterocycles. The second kappa shape index (κ2) is 5.58. The van der Waals surface area contributed by atoms with Crippen LogP contribution in [0.4, 0.5) is 0 Å². The fraction of sp³-hybridized carbons (Fsp3) is 0.611. The summed E-state index contributed by atoms with van der Waals surface area (Å²) in [5, 5.41) is 0. The Morgan fingerprint density at radius 2 is 1.77 bits per heavy atom. The van der Waals surface area contributed by atoms with Gasteiger partial charge in [0.05, 0.1) is 12.7 Å². The first-order chi connectivity index (χ1) is 10.8. The summed E-state index contributed by atoms with van der Waals surface area (Å²) in [4.78, 5) is 17.2. The highest BCUT2D eigenvalue weighted by Gasteiger charge is 2.43. The lowest BCUT2D eigenvalue weighted by Gasteiger charge is -2.44. The molecule has 2 saturated heterocycles. The average molecular weight is 300 g/mol. The summed E-state index contributed by atoms with van der Waals surface area (Å²) >= 11 is 0. The lowest BCUT2D eigenvalue weighted by Crippen LogP contribution is -2.60. The second-order valence-corrected chi connectivity index (χ2v) is 6.97. The minimum absolute atomic E-state index is 0.105. The number of hydrogen-bond donors (Lipinski definition) is 0. The Balaban J connectivity index is 1.36. The Morgan fingerprint density at radius 1 is 1.09 bits per heavy atom. The molecule has 4 heteroatoms. The van der Waals surface area contributed by atoms with Crippen LogP contribution in [0.15, 0.2) is 24.3 Å². The first-order valence-electron chi connectivity index (χ1n) is 8.42. The van der Waals surface area contributed by atoms with Crippen LogP contribution in [-0.4, -0.2) is 55.0 Å². The fourth-order valence-corrected chi connectivity index (χ4v) is 4.41. The molecule has 1 amide bonds. The van der Waals surface area contributed by atoms with Gasteiger partial charge in [0, 0.05) is 32.2 Å². The predicted molar refractivity (Wildman–Crippen MR) is 85.1 cm³/mol. The zero-order valence-corrected chi connectivity index (χ0v) is 13.2. The van der Waals surface area contributed by atoms with E-state index < -0.39 is 0 Å². The molecular formula is C18H24N2O2. The standard InChI is InChI=1S/C18H24N2O2/c1-22-17-8-3-2-7-16(17)18(21)20-11-15(12-20)19-9-13-5-4-6-14(13)10-19/h2-3,7-8,13-15H,4-6,9-12H2,1H3. The number of hydrogen-bond acceptors (Lipinski definition) is 3. The summed E-state index contributed by atoms with van der Waals surface area (Å²) in [6.07, 6.45) is 4.25. The Kier molecular flexibility index (Phi) is 3.57. The number of ether oxygens (including phenoxy) is 1. The van der Waals surface area contributed by atoms with E-state index in [1.165, 1.54) is 32.4 Å². The van der Waals surface area contributed by atoms with E-state index in [9.17, 15) is 4.79 Å². The van der Waals surface area contributed by atoms with Gasteiger partial charge in [0.2, 0.25) is 0 Å². The topological polar surface area (TPSA) is 32.8 Å². The molecule has 0 spiro atoms. The Labute approximate surface area is 132 Å². The molecule has 2 atom stereocenters. The monoisotopic (exact) mass is 300 g/mol. The molecule has 3 aliphatic rings. The van der Waals surface area contributed by atoms with Gasteiger partial charge in [-0.05, 0) is 36.8 Å². The van der Waals surface area contributed by atoms with Crippen LogP contribution in [0.1, 0.15) is 29.6 Å². The van der Waals surface area contributed by atoms with Crippen molar-refractivity contribution in [3.63, 3.8) is 0 Å². The van der Waals surface area contributed by atoms with Crippen molar-refractivity contribution in [2.75, 3.05) is 33.3 Å². The molecule has 1 saturated carbocycles. The molecule has 118 valence electrons. The quantitative estimate of drug-likeness (QED) is 0.858. The van der Waals surface area contributed by atoms with Gasteiger partial charge in [-0.2, -0.15) is 0 Å². The van der Waals surface area contributed by atoms with Crippen molar-refractivity contribution in [2.24, 2.45) is 11.8 Å². The number of carbonyl (C=O) groups excluding carboxylic acids is 1. The summed E-state index contributed by atoms with van der Waals surface area (Å²) in [7, 11) is 1.62. The van der Waals surface area contributed by atoms with Gasteiger partial charge in [0.25, 0.3) is 5.91 Å². The van der Waals surface area contributed by atoms with Gasteiger partial charge in [-0.1, -0.05) is 18.6 Å². The van der Waals surface area contributed by atoms with Gasteiger partial charge in [0.15, 0.2) is 0 Å². The maximum absolute atomic E-state index is 12.6. The predicted octanol–water partition coefficient (Wildman–Crippen LogP) is 2.25. The molecule has 1 aromatic rings. The van der Waals surface area contributed by atoms with Crippen LogP contribution in [-0.2, 0) is 0 Å². The zero-order chi connectivity index (χ0) is 15.1. The summed E-state index contributed by atoms with van der Waals surface area (Å²) in [5.74, 6) is 2.64. The third kappa shape index (κ3) is 2.30. The minimum atomic E-state index is 0.105. The number of methoxy groups -OCH3 is 1. The summed E-state index contributed by atoms with van der Waals surface area (Å²) in [6, 6.07) is 8.08. The molecule has 22 heavy (non-hydrogen) atoms.